The molecule has 0 saturated heterocycles. The first-order valence-corrected chi connectivity index (χ1v) is 6.36. The van der Waals surface area contributed by atoms with Crippen molar-refractivity contribution in [2.24, 2.45) is 0 Å². The van der Waals surface area contributed by atoms with Crippen molar-refractivity contribution in [2.45, 2.75) is 12.8 Å². The van der Waals surface area contributed by atoms with Crippen LogP contribution in [0.5, 0.6) is 17.2 Å². The molecule has 4 nitrogen and oxygen atoms in total. The average Bonchev–Trinajstić information content (AvgIpc) is 2.42. The zero-order valence-corrected chi connectivity index (χ0v) is 11.0. The summed E-state index contributed by atoms with van der Waals surface area (Å²) < 4.78 is 5.55. The van der Waals surface area contributed by atoms with Gasteiger partial charge >= 0.3 is 0 Å². The van der Waals surface area contributed by atoms with E-state index in [1.54, 1.807) is 25.1 Å². The number of hydrogen-bond acceptors (Lipinski definition) is 4. The van der Waals surface area contributed by atoms with E-state index in [1.165, 1.54) is 12.1 Å². The summed E-state index contributed by atoms with van der Waals surface area (Å²) in [6.07, 6.45) is 0. The van der Waals surface area contributed by atoms with Crippen LogP contribution in [0.25, 0.3) is 0 Å². The summed E-state index contributed by atoms with van der Waals surface area (Å²) in [4.78, 5) is 12.5. The van der Waals surface area contributed by atoms with E-state index in [1.807, 2.05) is 6.07 Å². The fourth-order valence-corrected chi connectivity index (χ4v) is 2.36. The predicted octanol–water partition coefficient (Wildman–Crippen LogP) is 2.77. The first-order valence-electron chi connectivity index (χ1n) is 6.36. The van der Waals surface area contributed by atoms with Crippen molar-refractivity contribution in [3.63, 3.8) is 0 Å². The third-order valence-electron chi connectivity index (χ3n) is 3.59. The lowest BCUT2D eigenvalue weighted by Gasteiger charge is -2.24. The van der Waals surface area contributed by atoms with Crippen LogP contribution < -0.4 is 4.74 Å². The minimum atomic E-state index is -0.432. The molecule has 2 N–H and O–H groups in total. The van der Waals surface area contributed by atoms with E-state index in [-0.39, 0.29) is 23.9 Å². The molecule has 0 amide bonds. The Morgan fingerprint density at radius 2 is 1.95 bits per heavy atom. The van der Waals surface area contributed by atoms with Crippen LogP contribution in [0.3, 0.4) is 0 Å². The molecule has 1 aliphatic rings. The Labute approximate surface area is 116 Å². The van der Waals surface area contributed by atoms with Gasteiger partial charge in [-0.3, -0.25) is 4.79 Å². The maximum Gasteiger partial charge on any atom is 0.177 e. The van der Waals surface area contributed by atoms with Gasteiger partial charge < -0.3 is 14.9 Å². The van der Waals surface area contributed by atoms with Crippen molar-refractivity contribution in [1.82, 2.24) is 0 Å². The fourth-order valence-electron chi connectivity index (χ4n) is 2.36. The molecule has 0 aliphatic carbocycles. The van der Waals surface area contributed by atoms with E-state index >= 15 is 0 Å². The van der Waals surface area contributed by atoms with Gasteiger partial charge in [-0.1, -0.05) is 12.1 Å². The molecule has 0 radical (unpaired) electrons. The number of carbonyl (C=O) groups is 1. The van der Waals surface area contributed by atoms with Crippen molar-refractivity contribution < 1.29 is 19.7 Å². The molecule has 2 aromatic carbocycles. The average molecular weight is 270 g/mol. The van der Waals surface area contributed by atoms with Gasteiger partial charge in [-0.25, -0.2) is 0 Å². The van der Waals surface area contributed by atoms with Crippen LogP contribution >= 0.6 is 0 Å². The number of ether oxygens (including phenoxy) is 1. The summed E-state index contributed by atoms with van der Waals surface area (Å²) in [6.45, 7) is 2.01. The van der Waals surface area contributed by atoms with Gasteiger partial charge in [0.05, 0.1) is 11.5 Å². The molecule has 1 aliphatic heterocycles. The van der Waals surface area contributed by atoms with Gasteiger partial charge in [0.2, 0.25) is 0 Å². The lowest BCUT2D eigenvalue weighted by molar-refractivity contribution is 0.0896. The molecule has 0 fully saturated rings. The standard InChI is InChI=1S/C16H14O4/c1-9-2-3-10(6-14(9)18)13-8-20-15-7-11(17)4-5-12(15)16(13)19/h2-7,13,17-18H,8H2,1H3. The summed E-state index contributed by atoms with van der Waals surface area (Å²) in [5, 5.41) is 19.2. The summed E-state index contributed by atoms with van der Waals surface area (Å²) in [7, 11) is 0. The largest absolute Gasteiger partial charge is 0.508 e. The zero-order chi connectivity index (χ0) is 14.3. The SMILES string of the molecule is Cc1ccc(C2COc3cc(O)ccc3C2=O)cc1O. The molecule has 0 bridgehead atoms. The van der Waals surface area contributed by atoms with Crippen LogP contribution in [0.2, 0.25) is 0 Å². The van der Waals surface area contributed by atoms with Gasteiger partial charge in [0, 0.05) is 6.07 Å². The third-order valence-corrected chi connectivity index (χ3v) is 3.59. The molecule has 1 heterocycles. The van der Waals surface area contributed by atoms with Crippen molar-refractivity contribution in [3.05, 3.63) is 53.1 Å². The Kier molecular flexibility index (Phi) is 2.86. The Bertz CT molecular complexity index is 691. The van der Waals surface area contributed by atoms with E-state index in [4.69, 9.17) is 4.74 Å². The molecule has 1 unspecified atom stereocenters. The highest BCUT2D eigenvalue weighted by Gasteiger charge is 2.30. The number of Topliss-reactive ketones (excluding diaryl/α,β-unsaturated/α-hetero) is 1. The van der Waals surface area contributed by atoms with E-state index in [2.05, 4.69) is 0 Å². The minimum Gasteiger partial charge on any atom is -0.508 e. The van der Waals surface area contributed by atoms with Gasteiger partial charge in [0.25, 0.3) is 0 Å². The maximum atomic E-state index is 12.5. The van der Waals surface area contributed by atoms with Crippen molar-refractivity contribution in [1.29, 1.82) is 0 Å². The molecule has 0 aromatic heterocycles. The number of aromatic hydroxyl groups is 2. The molecule has 0 spiro atoms. The zero-order valence-electron chi connectivity index (χ0n) is 11.0. The van der Waals surface area contributed by atoms with Crippen LogP contribution in [0.4, 0.5) is 0 Å². The topological polar surface area (TPSA) is 66.8 Å². The molecule has 102 valence electrons. The van der Waals surface area contributed by atoms with E-state index in [9.17, 15) is 15.0 Å². The summed E-state index contributed by atoms with van der Waals surface area (Å²) in [5.41, 5.74) is 1.96. The van der Waals surface area contributed by atoms with Crippen molar-refractivity contribution >= 4 is 5.78 Å². The minimum absolute atomic E-state index is 0.0606. The van der Waals surface area contributed by atoms with Crippen LogP contribution in [0.15, 0.2) is 36.4 Å². The maximum absolute atomic E-state index is 12.5. The lowest BCUT2D eigenvalue weighted by atomic mass is 9.88. The van der Waals surface area contributed by atoms with E-state index < -0.39 is 5.92 Å². The molecular formula is C16H14O4. The van der Waals surface area contributed by atoms with Crippen LogP contribution in [-0.4, -0.2) is 22.6 Å². The second-order valence-electron chi connectivity index (χ2n) is 4.95. The monoisotopic (exact) mass is 270 g/mol. The van der Waals surface area contributed by atoms with Crippen molar-refractivity contribution in [2.75, 3.05) is 6.61 Å². The number of hydrogen-bond donors (Lipinski definition) is 2. The number of ketones is 1. The Hall–Kier alpha value is -2.49. The Balaban J connectivity index is 1.99. The predicted molar refractivity (Wildman–Crippen MR) is 73.5 cm³/mol. The van der Waals surface area contributed by atoms with Crippen LogP contribution in [0, 0.1) is 6.92 Å². The summed E-state index contributed by atoms with van der Waals surface area (Å²) in [5.74, 6) is 0.158. The van der Waals surface area contributed by atoms with Crippen LogP contribution in [0.1, 0.15) is 27.4 Å². The number of phenols is 2. The first-order chi connectivity index (χ1) is 9.56. The third kappa shape index (κ3) is 1.99. The second kappa shape index (κ2) is 4.56. The quantitative estimate of drug-likeness (QED) is 0.836. The van der Waals surface area contributed by atoms with Crippen LogP contribution in [-0.2, 0) is 0 Å². The van der Waals surface area contributed by atoms with Gasteiger partial charge in [-0.2, -0.15) is 0 Å². The molecule has 2 aromatic rings. The Morgan fingerprint density at radius 3 is 2.70 bits per heavy atom. The summed E-state index contributed by atoms with van der Waals surface area (Å²) in [6, 6.07) is 9.68. The van der Waals surface area contributed by atoms with Gasteiger partial charge in [-0.15, -0.1) is 0 Å². The Morgan fingerprint density at radius 1 is 1.15 bits per heavy atom. The van der Waals surface area contributed by atoms with E-state index in [0.29, 0.717) is 11.3 Å². The lowest BCUT2D eigenvalue weighted by Crippen LogP contribution is -2.25. The van der Waals surface area contributed by atoms with E-state index in [0.717, 1.165) is 11.1 Å². The highest BCUT2D eigenvalue weighted by Crippen LogP contribution is 2.35. The number of benzene rings is 2. The first kappa shape index (κ1) is 12.5. The van der Waals surface area contributed by atoms with Gasteiger partial charge in [0.15, 0.2) is 5.78 Å². The molecule has 20 heavy (non-hydrogen) atoms. The fraction of sp³-hybridized carbons (Fsp3) is 0.188. The molecule has 4 heteroatoms. The number of phenolic OH excluding ortho intramolecular Hbond substituents is 2. The molecular weight excluding hydrogens is 256 g/mol. The molecule has 3 rings (SSSR count). The molecule has 0 saturated carbocycles. The van der Waals surface area contributed by atoms with Gasteiger partial charge in [0.1, 0.15) is 23.9 Å². The molecule has 1 atom stereocenters. The number of carbonyl (C=O) groups excluding carboxylic acids is 1. The normalized spacial score (nSPS) is 17.4. The van der Waals surface area contributed by atoms with Gasteiger partial charge in [-0.05, 0) is 36.2 Å². The highest BCUT2D eigenvalue weighted by molar-refractivity contribution is 6.04. The number of aryl methyl sites for hydroxylation is 1. The highest BCUT2D eigenvalue weighted by atomic mass is 16.5. The van der Waals surface area contributed by atoms with Crippen molar-refractivity contribution in [3.8, 4) is 17.2 Å². The number of fused-ring (bicyclic) bond motifs is 1. The number of rotatable bonds is 1. The summed E-state index contributed by atoms with van der Waals surface area (Å²) >= 11 is 0. The smallest absolute Gasteiger partial charge is 0.177 e. The second-order valence-corrected chi connectivity index (χ2v) is 4.95.